The highest BCUT2D eigenvalue weighted by Gasteiger charge is 2.29. The van der Waals surface area contributed by atoms with Crippen molar-refractivity contribution in [3.63, 3.8) is 0 Å². The average Bonchev–Trinajstić information content (AvgIpc) is 2.81. The third-order valence-corrected chi connectivity index (χ3v) is 5.33. The largest absolute Gasteiger partial charge is 0.398 e. The van der Waals surface area contributed by atoms with E-state index in [1.165, 1.54) is 12.8 Å². The molecule has 0 spiro atoms. The van der Waals surface area contributed by atoms with Gasteiger partial charge in [0.25, 0.3) is 5.91 Å². The molecule has 2 rings (SSSR count). The number of nitrogens with one attached hydrogen (secondary N) is 1. The zero-order valence-corrected chi connectivity index (χ0v) is 13.3. The molecule has 3 nitrogen and oxygen atoms in total. The topological polar surface area (TPSA) is 55.1 Å². The summed E-state index contributed by atoms with van der Waals surface area (Å²) in [5, 5.41) is 3.76. The first-order valence-corrected chi connectivity index (χ1v) is 8.37. The molecule has 1 amide bonds. The smallest absolute Gasteiger partial charge is 0.251 e. The van der Waals surface area contributed by atoms with E-state index in [2.05, 4.69) is 12.2 Å². The fourth-order valence-corrected chi connectivity index (χ4v) is 4.06. The number of carbonyl (C=O) groups is 1. The molecule has 0 radical (unpaired) electrons. The van der Waals surface area contributed by atoms with Gasteiger partial charge in [-0.2, -0.15) is 11.8 Å². The number of anilines is 1. The lowest BCUT2D eigenvalue weighted by molar-refractivity contribution is 0.0938. The van der Waals surface area contributed by atoms with Crippen LogP contribution in [0.4, 0.5) is 5.69 Å². The molecule has 1 saturated carbocycles. The van der Waals surface area contributed by atoms with Crippen molar-refractivity contribution in [3.8, 4) is 0 Å². The van der Waals surface area contributed by atoms with Crippen LogP contribution < -0.4 is 11.1 Å². The van der Waals surface area contributed by atoms with E-state index in [0.717, 1.165) is 23.3 Å². The van der Waals surface area contributed by atoms with Crippen molar-refractivity contribution >= 4 is 23.4 Å². The fraction of sp³-hybridized carbons (Fsp3) is 0.562. The summed E-state index contributed by atoms with van der Waals surface area (Å²) in [6, 6.07) is 4.09. The Morgan fingerprint density at radius 2 is 2.10 bits per heavy atom. The van der Waals surface area contributed by atoms with Crippen molar-refractivity contribution in [2.75, 3.05) is 11.5 Å². The summed E-state index contributed by atoms with van der Waals surface area (Å²) in [6.45, 7) is 6.11. The van der Waals surface area contributed by atoms with E-state index in [9.17, 15) is 4.79 Å². The Bertz CT molecular complexity index is 501. The van der Waals surface area contributed by atoms with E-state index in [0.29, 0.717) is 22.5 Å². The highest BCUT2D eigenvalue weighted by molar-refractivity contribution is 7.99. The van der Waals surface area contributed by atoms with Gasteiger partial charge >= 0.3 is 0 Å². The summed E-state index contributed by atoms with van der Waals surface area (Å²) in [5.41, 5.74) is 9.34. The Morgan fingerprint density at radius 3 is 2.80 bits per heavy atom. The molecule has 1 fully saturated rings. The Hall–Kier alpha value is -1.16. The predicted octanol–water partition coefficient (Wildman–Crippen LogP) is 3.29. The van der Waals surface area contributed by atoms with Crippen LogP contribution in [0.15, 0.2) is 12.1 Å². The van der Waals surface area contributed by atoms with Gasteiger partial charge < -0.3 is 11.1 Å². The van der Waals surface area contributed by atoms with Gasteiger partial charge in [-0.15, -0.1) is 0 Å². The SMILES string of the molecule is CCSC1CCCC1NC(=O)c1cc(N)c(C)cc1C. The van der Waals surface area contributed by atoms with E-state index in [-0.39, 0.29) is 5.91 Å². The van der Waals surface area contributed by atoms with Crippen LogP contribution in [0.5, 0.6) is 0 Å². The van der Waals surface area contributed by atoms with Crippen molar-refractivity contribution in [1.82, 2.24) is 5.32 Å². The second-order valence-corrected chi connectivity index (χ2v) is 7.04. The fourth-order valence-electron chi connectivity index (χ4n) is 2.86. The molecule has 2 atom stereocenters. The lowest BCUT2D eigenvalue weighted by atomic mass is 10.0. The van der Waals surface area contributed by atoms with E-state index in [1.54, 1.807) is 6.07 Å². The number of nitrogen functional groups attached to an aromatic ring is 1. The van der Waals surface area contributed by atoms with Crippen molar-refractivity contribution < 1.29 is 4.79 Å². The molecule has 0 saturated heterocycles. The summed E-state index contributed by atoms with van der Waals surface area (Å²) in [4.78, 5) is 12.5. The van der Waals surface area contributed by atoms with Gasteiger partial charge in [0.1, 0.15) is 0 Å². The van der Waals surface area contributed by atoms with Crippen molar-refractivity contribution in [1.29, 1.82) is 0 Å². The van der Waals surface area contributed by atoms with Crippen LogP contribution in [-0.2, 0) is 0 Å². The van der Waals surface area contributed by atoms with Crippen molar-refractivity contribution in [2.24, 2.45) is 0 Å². The zero-order valence-electron chi connectivity index (χ0n) is 12.5. The summed E-state index contributed by atoms with van der Waals surface area (Å²) in [6.07, 6.45) is 3.50. The number of hydrogen-bond donors (Lipinski definition) is 2. The van der Waals surface area contributed by atoms with Crippen LogP contribution in [0, 0.1) is 13.8 Å². The summed E-state index contributed by atoms with van der Waals surface area (Å²) in [7, 11) is 0. The molecular weight excluding hydrogens is 268 g/mol. The molecule has 20 heavy (non-hydrogen) atoms. The van der Waals surface area contributed by atoms with Crippen LogP contribution in [0.25, 0.3) is 0 Å². The number of carbonyl (C=O) groups excluding carboxylic acids is 1. The van der Waals surface area contributed by atoms with Gasteiger partial charge in [-0.3, -0.25) is 4.79 Å². The van der Waals surface area contributed by atoms with E-state index in [4.69, 9.17) is 5.73 Å². The molecular formula is C16H24N2OS. The van der Waals surface area contributed by atoms with Gasteiger partial charge in [-0.25, -0.2) is 0 Å². The number of hydrogen-bond acceptors (Lipinski definition) is 3. The first-order valence-electron chi connectivity index (χ1n) is 7.32. The molecule has 1 aromatic carbocycles. The maximum atomic E-state index is 12.5. The molecule has 110 valence electrons. The van der Waals surface area contributed by atoms with Gasteiger partial charge in [-0.1, -0.05) is 19.4 Å². The minimum Gasteiger partial charge on any atom is -0.398 e. The Labute approximate surface area is 125 Å². The van der Waals surface area contributed by atoms with E-state index >= 15 is 0 Å². The first-order chi connectivity index (χ1) is 9.52. The second-order valence-electron chi connectivity index (χ2n) is 5.53. The van der Waals surface area contributed by atoms with Crippen molar-refractivity contribution in [2.45, 2.75) is 51.3 Å². The Balaban J connectivity index is 2.10. The number of aryl methyl sites for hydroxylation is 2. The van der Waals surface area contributed by atoms with Gasteiger partial charge in [0.2, 0.25) is 0 Å². The molecule has 4 heteroatoms. The van der Waals surface area contributed by atoms with E-state index < -0.39 is 0 Å². The normalized spacial score (nSPS) is 21.9. The number of amides is 1. The van der Waals surface area contributed by atoms with Gasteiger partial charge in [0, 0.05) is 22.5 Å². The van der Waals surface area contributed by atoms with Gasteiger partial charge in [0.05, 0.1) is 0 Å². The molecule has 0 heterocycles. The molecule has 1 aromatic rings. The van der Waals surface area contributed by atoms with Crippen LogP contribution in [0.1, 0.15) is 47.7 Å². The molecule has 2 unspecified atom stereocenters. The average molecular weight is 292 g/mol. The number of rotatable bonds is 4. The molecule has 0 aliphatic heterocycles. The lowest BCUT2D eigenvalue weighted by Gasteiger charge is -2.21. The Morgan fingerprint density at radius 1 is 1.35 bits per heavy atom. The third kappa shape index (κ3) is 3.29. The summed E-state index contributed by atoms with van der Waals surface area (Å²) in [5.74, 6) is 1.12. The number of nitrogens with two attached hydrogens (primary N) is 1. The number of thioether (sulfide) groups is 1. The van der Waals surface area contributed by atoms with Crippen molar-refractivity contribution in [3.05, 3.63) is 28.8 Å². The quantitative estimate of drug-likeness (QED) is 0.837. The summed E-state index contributed by atoms with van der Waals surface area (Å²) < 4.78 is 0. The highest BCUT2D eigenvalue weighted by Crippen LogP contribution is 2.30. The minimum absolute atomic E-state index is 0.0165. The van der Waals surface area contributed by atoms with Crippen LogP contribution in [0.2, 0.25) is 0 Å². The van der Waals surface area contributed by atoms with Crippen LogP contribution in [0.3, 0.4) is 0 Å². The maximum Gasteiger partial charge on any atom is 0.251 e. The van der Waals surface area contributed by atoms with E-state index in [1.807, 2.05) is 31.7 Å². The van der Waals surface area contributed by atoms with Crippen LogP contribution in [-0.4, -0.2) is 23.0 Å². The first kappa shape index (κ1) is 15.2. The molecule has 1 aliphatic carbocycles. The second kappa shape index (κ2) is 6.53. The third-order valence-electron chi connectivity index (χ3n) is 4.01. The molecule has 0 bridgehead atoms. The minimum atomic E-state index is 0.0165. The number of benzene rings is 1. The zero-order chi connectivity index (χ0) is 14.7. The summed E-state index contributed by atoms with van der Waals surface area (Å²) >= 11 is 1.95. The maximum absolute atomic E-state index is 12.5. The molecule has 1 aliphatic rings. The van der Waals surface area contributed by atoms with Crippen LogP contribution >= 0.6 is 11.8 Å². The highest BCUT2D eigenvalue weighted by atomic mass is 32.2. The predicted molar refractivity (Wildman–Crippen MR) is 87.4 cm³/mol. The Kier molecular flexibility index (Phi) is 4.97. The van der Waals surface area contributed by atoms with Gasteiger partial charge in [0.15, 0.2) is 0 Å². The molecule has 3 N–H and O–H groups in total. The molecule has 0 aromatic heterocycles. The monoisotopic (exact) mass is 292 g/mol. The lowest BCUT2D eigenvalue weighted by Crippen LogP contribution is -2.39. The standard InChI is InChI=1S/C16H24N2OS/c1-4-20-15-7-5-6-14(15)18-16(19)12-9-13(17)11(3)8-10(12)2/h8-9,14-15H,4-7,17H2,1-3H3,(H,18,19). The van der Waals surface area contributed by atoms with Gasteiger partial charge in [-0.05, 0) is 49.6 Å².